The molecular formula is C29H29N9O2. The van der Waals surface area contributed by atoms with Gasteiger partial charge in [0.25, 0.3) is 0 Å². The van der Waals surface area contributed by atoms with Crippen LogP contribution in [-0.2, 0) is 0 Å². The standard InChI is InChI=1S/C29H29N9O2/c1-17-11-18(3-7-23(17)40-26-12-25-31-15-34-38(25)16-33-26)35-29-27-20(30-14-32-29)6-8-24(39-19-4-5-19)28(27)37-13-22-21(37)9-10-36(22)2/h3,6-8,11-12,14-16,19,21-22H,4-5,9-10,13H2,1-2H3,(H,30,32,35)/t21?,22-/m1/s1. The number of ether oxygens (including phenoxy) is 2. The summed E-state index contributed by atoms with van der Waals surface area (Å²) in [5.74, 6) is 2.87. The Kier molecular flexibility index (Phi) is 5.27. The van der Waals surface area contributed by atoms with E-state index in [4.69, 9.17) is 14.5 Å². The summed E-state index contributed by atoms with van der Waals surface area (Å²) < 4.78 is 14.1. The molecule has 1 unspecified atom stereocenters. The molecule has 2 atom stereocenters. The van der Waals surface area contributed by atoms with E-state index >= 15 is 0 Å². The number of nitrogens with zero attached hydrogens (tertiary/aromatic N) is 8. The highest BCUT2D eigenvalue weighted by molar-refractivity contribution is 6.04. The number of anilines is 3. The van der Waals surface area contributed by atoms with Gasteiger partial charge < -0.3 is 19.7 Å². The van der Waals surface area contributed by atoms with E-state index in [2.05, 4.69) is 54.3 Å². The first-order chi connectivity index (χ1) is 19.6. The summed E-state index contributed by atoms with van der Waals surface area (Å²) in [6.07, 6.45) is 8.37. The summed E-state index contributed by atoms with van der Waals surface area (Å²) in [6, 6.07) is 12.9. The molecule has 1 aliphatic carbocycles. The van der Waals surface area contributed by atoms with Crippen molar-refractivity contribution in [1.29, 1.82) is 0 Å². The normalized spacial score (nSPS) is 20.5. The molecule has 0 amide bonds. The van der Waals surface area contributed by atoms with Crippen molar-refractivity contribution in [2.45, 2.75) is 44.4 Å². The Hall–Kier alpha value is -4.51. The van der Waals surface area contributed by atoms with Crippen molar-refractivity contribution in [2.24, 2.45) is 0 Å². The van der Waals surface area contributed by atoms with Crippen molar-refractivity contribution in [3.05, 3.63) is 60.9 Å². The summed E-state index contributed by atoms with van der Waals surface area (Å²) in [5, 5.41) is 8.65. The zero-order valence-electron chi connectivity index (χ0n) is 22.4. The fourth-order valence-corrected chi connectivity index (χ4v) is 5.88. The van der Waals surface area contributed by atoms with Crippen LogP contribution in [0, 0.1) is 6.92 Å². The average Bonchev–Trinajstić information content (AvgIpc) is 3.55. The number of hydrogen-bond donors (Lipinski definition) is 1. The number of nitrogens with one attached hydrogen (secondary N) is 1. The maximum absolute atomic E-state index is 6.44. The summed E-state index contributed by atoms with van der Waals surface area (Å²) >= 11 is 0. The molecule has 11 heteroatoms. The van der Waals surface area contributed by atoms with E-state index in [1.165, 1.54) is 6.33 Å². The van der Waals surface area contributed by atoms with Gasteiger partial charge in [-0.05, 0) is 69.1 Å². The number of benzene rings is 2. The third kappa shape index (κ3) is 3.96. The van der Waals surface area contributed by atoms with Gasteiger partial charge in [0.2, 0.25) is 5.88 Å². The predicted octanol–water partition coefficient (Wildman–Crippen LogP) is 4.35. The molecule has 0 radical (unpaired) electrons. The highest BCUT2D eigenvalue weighted by Crippen LogP contribution is 2.47. The van der Waals surface area contributed by atoms with Crippen LogP contribution in [0.25, 0.3) is 16.6 Å². The van der Waals surface area contributed by atoms with Crippen molar-refractivity contribution in [3.63, 3.8) is 0 Å². The highest BCUT2D eigenvalue weighted by Gasteiger charge is 2.47. The Morgan fingerprint density at radius 1 is 0.925 bits per heavy atom. The number of likely N-dealkylation sites (tertiary alicyclic amines) is 1. The lowest BCUT2D eigenvalue weighted by atomic mass is 9.94. The van der Waals surface area contributed by atoms with E-state index in [-0.39, 0.29) is 0 Å². The van der Waals surface area contributed by atoms with Crippen LogP contribution in [-0.4, -0.2) is 72.8 Å². The van der Waals surface area contributed by atoms with E-state index in [1.54, 1.807) is 23.2 Å². The minimum Gasteiger partial charge on any atom is -0.488 e. The third-order valence-electron chi connectivity index (χ3n) is 8.22. The van der Waals surface area contributed by atoms with Gasteiger partial charge in [-0.1, -0.05) is 0 Å². The Morgan fingerprint density at radius 2 is 1.82 bits per heavy atom. The van der Waals surface area contributed by atoms with Crippen LogP contribution < -0.4 is 19.7 Å². The van der Waals surface area contributed by atoms with Crippen LogP contribution in [0.5, 0.6) is 17.4 Å². The molecule has 2 aromatic carbocycles. The fraction of sp³-hybridized carbons (Fsp3) is 0.345. The number of hydrogen-bond acceptors (Lipinski definition) is 10. The number of fused-ring (bicyclic) bond motifs is 3. The number of aromatic nitrogens is 6. The minimum absolute atomic E-state index is 0.302. The monoisotopic (exact) mass is 535 g/mol. The van der Waals surface area contributed by atoms with Crippen LogP contribution in [0.3, 0.4) is 0 Å². The first-order valence-electron chi connectivity index (χ1n) is 13.7. The van der Waals surface area contributed by atoms with Gasteiger partial charge in [0.15, 0.2) is 5.65 Å². The van der Waals surface area contributed by atoms with Crippen molar-refractivity contribution < 1.29 is 9.47 Å². The van der Waals surface area contributed by atoms with Gasteiger partial charge in [-0.3, -0.25) is 4.90 Å². The lowest BCUT2D eigenvalue weighted by Crippen LogP contribution is -2.61. The van der Waals surface area contributed by atoms with Gasteiger partial charge in [0.1, 0.15) is 36.3 Å². The van der Waals surface area contributed by atoms with E-state index in [0.717, 1.165) is 71.8 Å². The number of aryl methyl sites for hydroxylation is 1. The average molecular weight is 536 g/mol. The van der Waals surface area contributed by atoms with E-state index in [9.17, 15) is 0 Å². The lowest BCUT2D eigenvalue weighted by molar-refractivity contribution is 0.238. The van der Waals surface area contributed by atoms with Crippen LogP contribution in [0.2, 0.25) is 0 Å². The van der Waals surface area contributed by atoms with Gasteiger partial charge in [-0.25, -0.2) is 24.5 Å². The highest BCUT2D eigenvalue weighted by atomic mass is 16.5. The van der Waals surface area contributed by atoms with E-state index in [1.807, 2.05) is 25.1 Å². The summed E-state index contributed by atoms with van der Waals surface area (Å²) in [7, 11) is 2.22. The van der Waals surface area contributed by atoms with Crippen LogP contribution >= 0.6 is 0 Å². The van der Waals surface area contributed by atoms with Crippen molar-refractivity contribution in [1.82, 2.24) is 34.4 Å². The molecule has 40 heavy (non-hydrogen) atoms. The second-order valence-corrected chi connectivity index (χ2v) is 10.9. The summed E-state index contributed by atoms with van der Waals surface area (Å²) in [6.45, 7) is 4.11. The first-order valence-corrected chi connectivity index (χ1v) is 13.7. The number of rotatable bonds is 7. The van der Waals surface area contributed by atoms with Gasteiger partial charge >= 0.3 is 0 Å². The molecule has 3 aliphatic rings. The maximum Gasteiger partial charge on any atom is 0.224 e. The summed E-state index contributed by atoms with van der Waals surface area (Å²) in [5.41, 5.74) is 4.55. The predicted molar refractivity (Wildman–Crippen MR) is 151 cm³/mol. The molecule has 0 spiro atoms. The van der Waals surface area contributed by atoms with E-state index in [0.29, 0.717) is 35.5 Å². The maximum atomic E-state index is 6.44. The quantitative estimate of drug-likeness (QED) is 0.323. The Morgan fingerprint density at radius 3 is 2.67 bits per heavy atom. The molecule has 2 aliphatic heterocycles. The molecule has 202 valence electrons. The molecular weight excluding hydrogens is 506 g/mol. The molecule has 1 N–H and O–H groups in total. The Balaban J connectivity index is 1.13. The largest absolute Gasteiger partial charge is 0.488 e. The number of likely N-dealkylation sites (N-methyl/N-ethyl adjacent to an activating group) is 1. The molecule has 2 saturated heterocycles. The summed E-state index contributed by atoms with van der Waals surface area (Å²) in [4.78, 5) is 22.8. The molecule has 3 fully saturated rings. The van der Waals surface area contributed by atoms with Crippen molar-refractivity contribution >= 4 is 33.7 Å². The topological polar surface area (TPSA) is 106 Å². The molecule has 1 saturated carbocycles. The zero-order chi connectivity index (χ0) is 26.8. The van der Waals surface area contributed by atoms with Crippen molar-refractivity contribution in [3.8, 4) is 17.4 Å². The molecule has 11 nitrogen and oxygen atoms in total. The first kappa shape index (κ1) is 23.4. The van der Waals surface area contributed by atoms with Crippen molar-refractivity contribution in [2.75, 3.05) is 30.4 Å². The fourth-order valence-electron chi connectivity index (χ4n) is 5.88. The molecule has 3 aromatic heterocycles. The molecule has 5 heterocycles. The molecule has 0 bridgehead atoms. The zero-order valence-corrected chi connectivity index (χ0v) is 22.4. The minimum atomic E-state index is 0.302. The van der Waals surface area contributed by atoms with E-state index < -0.39 is 0 Å². The van der Waals surface area contributed by atoms with Gasteiger partial charge in [-0.2, -0.15) is 5.10 Å². The van der Waals surface area contributed by atoms with Gasteiger partial charge in [0.05, 0.1) is 22.7 Å². The Labute approximate surface area is 230 Å². The molecule has 8 rings (SSSR count). The van der Waals surface area contributed by atoms with Gasteiger partial charge in [0, 0.05) is 36.9 Å². The van der Waals surface area contributed by atoms with Crippen LogP contribution in [0.4, 0.5) is 17.2 Å². The van der Waals surface area contributed by atoms with Crippen LogP contribution in [0.1, 0.15) is 24.8 Å². The Bertz CT molecular complexity index is 1750. The second-order valence-electron chi connectivity index (χ2n) is 10.9. The van der Waals surface area contributed by atoms with Gasteiger partial charge in [-0.15, -0.1) is 0 Å². The smallest absolute Gasteiger partial charge is 0.224 e. The molecule has 5 aromatic rings. The van der Waals surface area contributed by atoms with Crippen LogP contribution in [0.15, 0.2) is 55.4 Å². The lowest BCUT2D eigenvalue weighted by Gasteiger charge is -2.48. The third-order valence-corrected chi connectivity index (χ3v) is 8.22. The second kappa shape index (κ2) is 9.02. The SMILES string of the molecule is Cc1cc(Nc2ncnc3ccc(OC4CC4)c(N4C[C@@H]5C4CCN5C)c23)ccc1Oc1cc2ncnn2cn1.